The van der Waals surface area contributed by atoms with Crippen LogP contribution in [0.25, 0.3) is 0 Å². The van der Waals surface area contributed by atoms with Crippen molar-refractivity contribution in [3.05, 3.63) is 88.0 Å². The first-order chi connectivity index (χ1) is 11.6. The molecular weight excluding hydrogens is 423 g/mol. The maximum absolute atomic E-state index is 2.27. The van der Waals surface area contributed by atoms with Crippen LogP contribution in [-0.4, -0.2) is 6.19 Å². The molecule has 0 aliphatic rings. The maximum atomic E-state index is 2.27. The summed E-state index contributed by atoms with van der Waals surface area (Å²) >= 11 is 2.27. The van der Waals surface area contributed by atoms with E-state index in [0.29, 0.717) is 0 Å². The molecule has 0 aromatic heterocycles. The fourth-order valence-corrected chi connectivity index (χ4v) is 2.15. The Bertz CT molecular complexity index is 591. The summed E-state index contributed by atoms with van der Waals surface area (Å²) in [6, 6.07) is 19.2. The van der Waals surface area contributed by atoms with Crippen LogP contribution in [0.5, 0.6) is 0 Å². The van der Waals surface area contributed by atoms with Crippen molar-refractivity contribution in [2.45, 2.75) is 54.6 Å². The van der Waals surface area contributed by atoms with Crippen LogP contribution in [0.15, 0.2) is 54.6 Å². The quantitative estimate of drug-likeness (QED) is 0.239. The Morgan fingerprint density at radius 3 is 0.815 bits per heavy atom. The first kappa shape index (κ1) is 31.3. The van der Waals surface area contributed by atoms with E-state index >= 15 is 0 Å². The zero-order valence-corrected chi connectivity index (χ0v) is 22.2. The summed E-state index contributed by atoms with van der Waals surface area (Å²) in [4.78, 5) is 0. The van der Waals surface area contributed by atoms with E-state index in [1.54, 1.807) is 0 Å². The Hall–Kier alpha value is -0.439. The van der Waals surface area contributed by atoms with Crippen LogP contribution in [0.4, 0.5) is 0 Å². The zero-order valence-electron chi connectivity index (χ0n) is 18.0. The Morgan fingerprint density at radius 1 is 0.593 bits per heavy atom. The van der Waals surface area contributed by atoms with Crippen LogP contribution in [0.1, 0.15) is 33.4 Å². The molecule has 27 heavy (non-hydrogen) atoms. The van der Waals surface area contributed by atoms with E-state index in [0.717, 1.165) is 0 Å². The third-order valence-electron chi connectivity index (χ3n) is 3.19. The number of hydrogen-bond donors (Lipinski definition) is 0. The summed E-state index contributed by atoms with van der Waals surface area (Å²) in [6.45, 7) is 17.2. The van der Waals surface area contributed by atoms with Crippen molar-refractivity contribution >= 4 is 31.0 Å². The van der Waals surface area contributed by atoms with Crippen LogP contribution in [0.2, 0.25) is 13.1 Å². The zero-order chi connectivity index (χ0) is 19.4. The van der Waals surface area contributed by atoms with E-state index in [1.165, 1.54) is 33.4 Å². The van der Waals surface area contributed by atoms with Gasteiger partial charge in [0.2, 0.25) is 0 Å². The first-order valence-electron chi connectivity index (χ1n) is 8.71. The molecule has 3 aromatic carbocycles. The number of halogens is 2. The summed E-state index contributed by atoms with van der Waals surface area (Å²) in [7, 11) is 0. The number of aryl methyl sites for hydroxylation is 6. The first-order valence-corrected chi connectivity index (χ1v) is 13.6. The van der Waals surface area contributed by atoms with Crippen LogP contribution in [0, 0.1) is 41.5 Å². The van der Waals surface area contributed by atoms with E-state index in [9.17, 15) is 0 Å². The number of hydrogen-bond acceptors (Lipinski definition) is 0. The summed E-state index contributed by atoms with van der Waals surface area (Å²) in [5.74, 6) is 0. The molecule has 0 bridgehead atoms. The molecular formula is C23H35Cl2SiTi-3. The largest absolute Gasteiger partial charge is 0.208 e. The van der Waals surface area contributed by atoms with Crippen molar-refractivity contribution in [2.75, 3.05) is 0 Å². The van der Waals surface area contributed by atoms with Gasteiger partial charge in [-0.15, -0.1) is 24.8 Å². The van der Waals surface area contributed by atoms with Crippen molar-refractivity contribution in [2.24, 2.45) is 0 Å². The second-order valence-corrected chi connectivity index (χ2v) is 13.6. The Balaban J connectivity index is -0.000000283. The fourth-order valence-electron chi connectivity index (χ4n) is 2.15. The molecule has 0 aliphatic carbocycles. The predicted molar refractivity (Wildman–Crippen MR) is 127 cm³/mol. The van der Waals surface area contributed by atoms with Gasteiger partial charge in [-0.05, 0) is 0 Å². The van der Waals surface area contributed by atoms with E-state index in [4.69, 9.17) is 0 Å². The molecule has 0 saturated heterocycles. The van der Waals surface area contributed by atoms with Crippen molar-refractivity contribution in [1.82, 2.24) is 0 Å². The van der Waals surface area contributed by atoms with Gasteiger partial charge in [0.1, 0.15) is 0 Å². The molecule has 0 atom stereocenters. The summed E-state index contributed by atoms with van der Waals surface area (Å²) in [5, 5.41) is 0. The van der Waals surface area contributed by atoms with E-state index in [2.05, 4.69) is 128 Å². The molecule has 0 spiro atoms. The fraction of sp³-hybridized carbons (Fsp3) is 0.348. The molecule has 0 aliphatic heterocycles. The monoisotopic (exact) mass is 457 g/mol. The van der Waals surface area contributed by atoms with Crippen molar-refractivity contribution in [3.8, 4) is 0 Å². The van der Waals surface area contributed by atoms with Gasteiger partial charge in [-0.2, -0.15) is 53.1 Å². The molecule has 0 amide bonds. The second-order valence-electron chi connectivity index (χ2n) is 6.90. The van der Waals surface area contributed by atoms with Gasteiger partial charge in [0.15, 0.2) is 0 Å². The topological polar surface area (TPSA) is 0 Å². The summed E-state index contributed by atoms with van der Waals surface area (Å²) in [6.07, 6.45) is 0.120. The van der Waals surface area contributed by atoms with Crippen LogP contribution < -0.4 is 0 Å². The van der Waals surface area contributed by atoms with Gasteiger partial charge in [-0.1, -0.05) is 41.5 Å². The van der Waals surface area contributed by atoms with Gasteiger partial charge >= 0.3 is 38.5 Å². The van der Waals surface area contributed by atoms with Gasteiger partial charge in [0.05, 0.1) is 0 Å². The van der Waals surface area contributed by atoms with Crippen LogP contribution in [-0.2, 0) is 19.2 Å². The molecule has 0 radical (unpaired) electrons. The summed E-state index contributed by atoms with van der Waals surface area (Å²) < 4.78 is 0. The molecule has 0 N–H and O–H groups in total. The third-order valence-corrected chi connectivity index (χ3v) is 3.19. The standard InChI is InChI=1S/3C7H9.C2H6Si.2ClH.Ti/c3*1-6-3-4-7(2)5-6;1-3-2;;;/h3*3-5H,1-2H3;1-2H3;2*1H;/q3*-1;;;;. The SMILES string of the molecule is C[Si](C)=[Ti].Cc1c[cH-]c(C)c1.Cc1c[cH-]c(C)c1.Cc1c[cH-]c(C)c1.Cl.Cl. The molecule has 0 saturated carbocycles. The third kappa shape index (κ3) is 20.1. The van der Waals surface area contributed by atoms with Crippen LogP contribution in [0.3, 0.4) is 0 Å². The minimum atomic E-state index is 0. The van der Waals surface area contributed by atoms with Gasteiger partial charge in [-0.3, -0.25) is 0 Å². The Labute approximate surface area is 191 Å². The summed E-state index contributed by atoms with van der Waals surface area (Å²) in [5.41, 5.74) is 8.15. The van der Waals surface area contributed by atoms with Gasteiger partial charge in [0.25, 0.3) is 0 Å². The van der Waals surface area contributed by atoms with Crippen LogP contribution >= 0.6 is 24.8 Å². The molecule has 0 fully saturated rings. The molecule has 4 heteroatoms. The second kappa shape index (κ2) is 17.6. The molecule has 0 unspecified atom stereocenters. The minimum Gasteiger partial charge on any atom is -0.208 e. The molecule has 0 nitrogen and oxygen atoms in total. The van der Waals surface area contributed by atoms with E-state index in [1.807, 2.05) is 0 Å². The van der Waals surface area contributed by atoms with Gasteiger partial charge < -0.3 is 0 Å². The molecule has 152 valence electrons. The molecule has 3 rings (SSSR count). The Morgan fingerprint density at radius 2 is 0.778 bits per heavy atom. The Kier molecular flexibility index (Phi) is 20.4. The average molecular weight is 458 g/mol. The van der Waals surface area contributed by atoms with Gasteiger partial charge in [-0.25, -0.2) is 34.9 Å². The number of rotatable bonds is 0. The smallest absolute Gasteiger partial charge is 0.0635 e. The molecule has 3 aromatic rings. The van der Waals surface area contributed by atoms with Gasteiger partial charge in [0, 0.05) is 0 Å². The minimum absolute atomic E-state index is 0. The van der Waals surface area contributed by atoms with E-state index in [-0.39, 0.29) is 31.0 Å². The average Bonchev–Trinajstić information content (AvgIpc) is 3.15. The van der Waals surface area contributed by atoms with Crippen molar-refractivity contribution < 1.29 is 19.2 Å². The van der Waals surface area contributed by atoms with Crippen molar-refractivity contribution in [3.63, 3.8) is 0 Å². The van der Waals surface area contributed by atoms with Crippen molar-refractivity contribution in [1.29, 1.82) is 0 Å². The maximum Gasteiger partial charge on any atom is -0.0635 e. The van der Waals surface area contributed by atoms with E-state index < -0.39 is 0 Å². The predicted octanol–water partition coefficient (Wildman–Crippen LogP) is 7.69. The molecule has 0 heterocycles. The normalized spacial score (nSPS) is 8.26.